The SMILES string of the molecule is C=C=C[C@@]1(F)[C@H](C)[C@@H](CC)O[C@H]1N1C=CC(=O)CC1=O. The summed E-state index contributed by atoms with van der Waals surface area (Å²) in [5.74, 6) is -1.16. The Labute approximate surface area is 117 Å². The molecule has 0 aromatic rings. The van der Waals surface area contributed by atoms with E-state index in [4.69, 9.17) is 4.74 Å². The normalized spacial score (nSPS) is 37.1. The van der Waals surface area contributed by atoms with Crippen LogP contribution in [-0.4, -0.2) is 34.6 Å². The van der Waals surface area contributed by atoms with Gasteiger partial charge in [-0.15, -0.1) is 5.73 Å². The maximum atomic E-state index is 15.3. The molecule has 4 atom stereocenters. The van der Waals surface area contributed by atoms with E-state index in [1.54, 1.807) is 6.92 Å². The summed E-state index contributed by atoms with van der Waals surface area (Å²) in [7, 11) is 0. The molecule has 1 saturated heterocycles. The number of hydrogen-bond acceptors (Lipinski definition) is 3. The van der Waals surface area contributed by atoms with E-state index < -0.39 is 23.7 Å². The molecular weight excluding hydrogens is 261 g/mol. The van der Waals surface area contributed by atoms with Crippen molar-refractivity contribution >= 4 is 11.7 Å². The van der Waals surface area contributed by atoms with Gasteiger partial charge in [0, 0.05) is 12.1 Å². The number of halogens is 1. The lowest BCUT2D eigenvalue weighted by Crippen LogP contribution is -2.50. The molecule has 2 aliphatic rings. The van der Waals surface area contributed by atoms with Gasteiger partial charge in [0.2, 0.25) is 5.91 Å². The van der Waals surface area contributed by atoms with Gasteiger partial charge < -0.3 is 4.74 Å². The first-order valence-corrected chi connectivity index (χ1v) is 6.67. The Kier molecular flexibility index (Phi) is 3.93. The number of carbonyl (C=O) groups is 2. The first kappa shape index (κ1) is 14.7. The predicted molar refractivity (Wildman–Crippen MR) is 71.3 cm³/mol. The van der Waals surface area contributed by atoms with Crippen molar-refractivity contribution < 1.29 is 18.7 Å². The Morgan fingerprint density at radius 2 is 2.35 bits per heavy atom. The van der Waals surface area contributed by atoms with Crippen molar-refractivity contribution in [3.63, 3.8) is 0 Å². The van der Waals surface area contributed by atoms with Gasteiger partial charge in [0.05, 0.1) is 12.5 Å². The van der Waals surface area contributed by atoms with Crippen LogP contribution in [0.2, 0.25) is 0 Å². The summed E-state index contributed by atoms with van der Waals surface area (Å²) >= 11 is 0. The van der Waals surface area contributed by atoms with Crippen LogP contribution in [0.3, 0.4) is 0 Å². The Balaban J connectivity index is 2.38. The second-order valence-electron chi connectivity index (χ2n) is 5.16. The second-order valence-corrected chi connectivity index (χ2v) is 5.16. The van der Waals surface area contributed by atoms with Crippen LogP contribution in [0.5, 0.6) is 0 Å². The van der Waals surface area contributed by atoms with Gasteiger partial charge in [0.25, 0.3) is 0 Å². The number of ketones is 1. The van der Waals surface area contributed by atoms with Crippen LogP contribution in [0, 0.1) is 5.92 Å². The standard InChI is InChI=1S/C15H18FNO3/c1-4-7-15(16)10(3)12(5-2)20-14(15)17-8-6-11(18)9-13(17)19/h6-8,10,12,14H,1,5,9H2,2-3H3/t10-,12-,14-,15-/m1/s1. The van der Waals surface area contributed by atoms with Gasteiger partial charge in [0.15, 0.2) is 17.7 Å². The average molecular weight is 279 g/mol. The third-order valence-electron chi connectivity index (χ3n) is 3.95. The third kappa shape index (κ3) is 2.23. The van der Waals surface area contributed by atoms with Gasteiger partial charge >= 0.3 is 0 Å². The minimum atomic E-state index is -1.86. The number of ether oxygens (including phenoxy) is 1. The molecule has 0 aromatic carbocycles. The molecule has 2 aliphatic heterocycles. The molecule has 0 bridgehead atoms. The Morgan fingerprint density at radius 1 is 1.65 bits per heavy atom. The number of amides is 1. The number of carbonyl (C=O) groups excluding carboxylic acids is 2. The molecule has 2 rings (SSSR count). The molecule has 108 valence electrons. The monoisotopic (exact) mass is 279 g/mol. The van der Waals surface area contributed by atoms with E-state index in [2.05, 4.69) is 12.3 Å². The molecule has 20 heavy (non-hydrogen) atoms. The number of alkyl halides is 1. The third-order valence-corrected chi connectivity index (χ3v) is 3.95. The second kappa shape index (κ2) is 5.35. The first-order chi connectivity index (χ1) is 9.43. The summed E-state index contributed by atoms with van der Waals surface area (Å²) in [5.41, 5.74) is 0.601. The van der Waals surface area contributed by atoms with Crippen molar-refractivity contribution in [3.05, 3.63) is 30.7 Å². The number of rotatable bonds is 3. The van der Waals surface area contributed by atoms with E-state index in [9.17, 15) is 9.59 Å². The molecule has 0 aromatic heterocycles. The van der Waals surface area contributed by atoms with Crippen LogP contribution >= 0.6 is 0 Å². The Bertz CT molecular complexity index is 509. The summed E-state index contributed by atoms with van der Waals surface area (Å²) in [5, 5.41) is 0. The topological polar surface area (TPSA) is 46.6 Å². The predicted octanol–water partition coefficient (Wildman–Crippen LogP) is 2.12. The molecule has 0 radical (unpaired) electrons. The number of allylic oxidation sites excluding steroid dienone is 1. The van der Waals surface area contributed by atoms with Crippen LogP contribution in [-0.2, 0) is 14.3 Å². The van der Waals surface area contributed by atoms with Crippen molar-refractivity contribution in [2.75, 3.05) is 0 Å². The first-order valence-electron chi connectivity index (χ1n) is 6.67. The van der Waals surface area contributed by atoms with E-state index in [1.165, 1.54) is 23.3 Å². The van der Waals surface area contributed by atoms with E-state index in [1.807, 2.05) is 6.92 Å². The summed E-state index contributed by atoms with van der Waals surface area (Å²) in [6, 6.07) is 0. The average Bonchev–Trinajstić information content (AvgIpc) is 2.63. The molecular formula is C15H18FNO3. The van der Waals surface area contributed by atoms with Crippen molar-refractivity contribution in [3.8, 4) is 0 Å². The van der Waals surface area contributed by atoms with Gasteiger partial charge in [0.1, 0.15) is 0 Å². The summed E-state index contributed by atoms with van der Waals surface area (Å²) in [4.78, 5) is 24.3. The Hall–Kier alpha value is -1.71. The molecule has 1 fully saturated rings. The van der Waals surface area contributed by atoms with Gasteiger partial charge in [-0.2, -0.15) is 0 Å². The molecule has 1 amide bonds. The highest BCUT2D eigenvalue weighted by atomic mass is 19.1. The maximum Gasteiger partial charge on any atom is 0.236 e. The summed E-state index contributed by atoms with van der Waals surface area (Å²) in [6.07, 6.45) is 2.80. The molecule has 0 saturated carbocycles. The lowest BCUT2D eigenvalue weighted by Gasteiger charge is -2.33. The molecule has 0 spiro atoms. The maximum absolute atomic E-state index is 15.3. The van der Waals surface area contributed by atoms with Crippen molar-refractivity contribution in [2.45, 2.75) is 44.7 Å². The molecule has 0 N–H and O–H groups in total. The van der Waals surface area contributed by atoms with Crippen LogP contribution in [0.15, 0.2) is 30.7 Å². The molecule has 2 heterocycles. The van der Waals surface area contributed by atoms with E-state index in [-0.39, 0.29) is 18.3 Å². The van der Waals surface area contributed by atoms with E-state index >= 15 is 4.39 Å². The fourth-order valence-electron chi connectivity index (χ4n) is 2.74. The van der Waals surface area contributed by atoms with E-state index in [0.717, 1.165) is 0 Å². The smallest absolute Gasteiger partial charge is 0.236 e. The molecule has 4 nitrogen and oxygen atoms in total. The zero-order chi connectivity index (χ0) is 14.9. The van der Waals surface area contributed by atoms with Gasteiger partial charge in [-0.3, -0.25) is 14.5 Å². The van der Waals surface area contributed by atoms with Crippen LogP contribution in [0.4, 0.5) is 4.39 Å². The highest BCUT2D eigenvalue weighted by molar-refractivity contribution is 6.06. The van der Waals surface area contributed by atoms with Crippen LogP contribution < -0.4 is 0 Å². The van der Waals surface area contributed by atoms with Gasteiger partial charge in [-0.25, -0.2) is 4.39 Å². The summed E-state index contributed by atoms with van der Waals surface area (Å²) in [6.45, 7) is 7.06. The summed E-state index contributed by atoms with van der Waals surface area (Å²) < 4.78 is 21.0. The van der Waals surface area contributed by atoms with Crippen molar-refractivity contribution in [1.82, 2.24) is 4.90 Å². The quantitative estimate of drug-likeness (QED) is 0.587. The molecule has 0 unspecified atom stereocenters. The largest absolute Gasteiger partial charge is 0.350 e. The lowest BCUT2D eigenvalue weighted by atomic mass is 9.86. The zero-order valence-corrected chi connectivity index (χ0v) is 11.6. The minimum Gasteiger partial charge on any atom is -0.350 e. The fourth-order valence-corrected chi connectivity index (χ4v) is 2.74. The van der Waals surface area contributed by atoms with Gasteiger partial charge in [-0.05, 0) is 18.6 Å². The Morgan fingerprint density at radius 3 is 2.90 bits per heavy atom. The fraction of sp³-hybridized carbons (Fsp3) is 0.533. The number of hydrogen-bond donors (Lipinski definition) is 0. The van der Waals surface area contributed by atoms with Crippen LogP contribution in [0.1, 0.15) is 26.7 Å². The number of nitrogens with zero attached hydrogens (tertiary/aromatic N) is 1. The van der Waals surface area contributed by atoms with Crippen molar-refractivity contribution in [1.29, 1.82) is 0 Å². The molecule has 5 heteroatoms. The highest BCUT2D eigenvalue weighted by Gasteiger charge is 2.56. The lowest BCUT2D eigenvalue weighted by molar-refractivity contribution is -0.148. The van der Waals surface area contributed by atoms with Gasteiger partial charge in [-0.1, -0.05) is 20.4 Å². The minimum absolute atomic E-state index is 0.255. The van der Waals surface area contributed by atoms with E-state index in [0.29, 0.717) is 6.42 Å². The van der Waals surface area contributed by atoms with Crippen LogP contribution in [0.25, 0.3) is 0 Å². The molecule has 0 aliphatic carbocycles. The zero-order valence-electron chi connectivity index (χ0n) is 11.6. The highest BCUT2D eigenvalue weighted by Crippen LogP contribution is 2.43. The van der Waals surface area contributed by atoms with Crippen molar-refractivity contribution in [2.24, 2.45) is 5.92 Å².